The topological polar surface area (TPSA) is 68.0 Å². The van der Waals surface area contributed by atoms with E-state index in [9.17, 15) is 4.79 Å². The minimum Gasteiger partial charge on any atom is -0.330 e. The van der Waals surface area contributed by atoms with E-state index in [2.05, 4.69) is 10.3 Å². The second-order valence-electron chi connectivity index (χ2n) is 5.44. The lowest BCUT2D eigenvalue weighted by atomic mass is 9.95. The van der Waals surface area contributed by atoms with Crippen LogP contribution in [0.5, 0.6) is 0 Å². The highest BCUT2D eigenvalue weighted by Gasteiger charge is 2.31. The van der Waals surface area contributed by atoms with E-state index in [0.29, 0.717) is 12.5 Å². The normalized spacial score (nSPS) is 20.0. The van der Waals surface area contributed by atoms with Crippen molar-refractivity contribution in [2.75, 3.05) is 11.9 Å². The Balaban J connectivity index is 0.00000121. The number of carbonyl (C=O) groups excluding carboxylic acids is 1. The van der Waals surface area contributed by atoms with Crippen molar-refractivity contribution in [1.29, 1.82) is 0 Å². The monoisotopic (exact) mass is 341 g/mol. The summed E-state index contributed by atoms with van der Waals surface area (Å²) < 4.78 is 0. The van der Waals surface area contributed by atoms with Gasteiger partial charge in [-0.05, 0) is 37.4 Å². The van der Waals surface area contributed by atoms with Crippen molar-refractivity contribution in [2.24, 2.45) is 17.6 Å². The molecule has 6 heteroatoms. The van der Waals surface area contributed by atoms with Gasteiger partial charge in [-0.3, -0.25) is 9.78 Å². The molecule has 120 valence electrons. The Labute approximate surface area is 142 Å². The predicted octanol–water partition coefficient (Wildman–Crippen LogP) is 3.39. The molecule has 3 rings (SSSR count). The van der Waals surface area contributed by atoms with Crippen LogP contribution < -0.4 is 11.1 Å². The summed E-state index contributed by atoms with van der Waals surface area (Å²) in [6, 6.07) is 9.85. The van der Waals surface area contributed by atoms with Crippen molar-refractivity contribution in [2.45, 2.75) is 19.3 Å². The van der Waals surface area contributed by atoms with Gasteiger partial charge in [0.25, 0.3) is 0 Å². The van der Waals surface area contributed by atoms with Crippen LogP contribution in [0.3, 0.4) is 0 Å². The summed E-state index contributed by atoms with van der Waals surface area (Å²) >= 11 is 0. The SMILES string of the molecule is Cl.Cl.NC[C@H]1CCC[C@H]1C(=O)Nc1cnc2ccccc2c1. The number of hydrogen-bond donors (Lipinski definition) is 2. The van der Waals surface area contributed by atoms with Crippen molar-refractivity contribution < 1.29 is 4.79 Å². The van der Waals surface area contributed by atoms with Crippen molar-refractivity contribution in [3.05, 3.63) is 36.5 Å². The molecule has 0 aliphatic heterocycles. The van der Waals surface area contributed by atoms with Gasteiger partial charge < -0.3 is 11.1 Å². The molecule has 1 amide bonds. The number of amides is 1. The van der Waals surface area contributed by atoms with Gasteiger partial charge in [-0.25, -0.2) is 0 Å². The highest BCUT2D eigenvalue weighted by Crippen LogP contribution is 2.32. The summed E-state index contributed by atoms with van der Waals surface area (Å²) in [4.78, 5) is 16.7. The standard InChI is InChI=1S/C16H19N3O.2ClH/c17-9-12-5-3-6-14(12)16(20)19-13-8-11-4-1-2-7-15(11)18-10-13;;/h1-2,4,7-8,10,12,14H,3,5-6,9,17H2,(H,19,20);2*1H/t12-,14-;;/m1../s1. The van der Waals surface area contributed by atoms with Crippen LogP contribution in [-0.2, 0) is 4.79 Å². The molecule has 0 bridgehead atoms. The van der Waals surface area contributed by atoms with Crippen LogP contribution in [0.2, 0.25) is 0 Å². The maximum Gasteiger partial charge on any atom is 0.227 e. The number of nitrogens with zero attached hydrogens (tertiary/aromatic N) is 1. The number of benzene rings is 1. The molecule has 3 N–H and O–H groups in total. The second-order valence-corrected chi connectivity index (χ2v) is 5.44. The number of carbonyl (C=O) groups is 1. The van der Waals surface area contributed by atoms with Crippen molar-refractivity contribution in [3.8, 4) is 0 Å². The van der Waals surface area contributed by atoms with Crippen LogP contribution >= 0.6 is 24.8 Å². The number of hydrogen-bond acceptors (Lipinski definition) is 3. The molecule has 1 heterocycles. The van der Waals surface area contributed by atoms with E-state index in [0.717, 1.165) is 35.9 Å². The van der Waals surface area contributed by atoms with E-state index in [1.165, 1.54) is 0 Å². The highest BCUT2D eigenvalue weighted by molar-refractivity contribution is 5.94. The molecule has 22 heavy (non-hydrogen) atoms. The molecule has 1 aromatic carbocycles. The zero-order chi connectivity index (χ0) is 13.9. The Morgan fingerprint density at radius 1 is 1.27 bits per heavy atom. The third kappa shape index (κ3) is 3.88. The largest absolute Gasteiger partial charge is 0.330 e. The van der Waals surface area contributed by atoms with Gasteiger partial charge in [0.2, 0.25) is 5.91 Å². The average Bonchev–Trinajstić information content (AvgIpc) is 2.95. The Kier molecular flexibility index (Phi) is 7.07. The molecule has 4 nitrogen and oxygen atoms in total. The Bertz CT molecular complexity index is 636. The number of para-hydroxylation sites is 1. The lowest BCUT2D eigenvalue weighted by molar-refractivity contribution is -0.120. The Morgan fingerprint density at radius 2 is 2.05 bits per heavy atom. The van der Waals surface area contributed by atoms with Crippen LogP contribution in [0.15, 0.2) is 36.5 Å². The first-order valence-electron chi connectivity index (χ1n) is 7.13. The maximum atomic E-state index is 12.3. The first-order chi connectivity index (χ1) is 9.78. The number of rotatable bonds is 3. The first kappa shape index (κ1) is 18.7. The molecule has 2 aromatic rings. The van der Waals surface area contributed by atoms with E-state index in [4.69, 9.17) is 5.73 Å². The number of pyridine rings is 1. The van der Waals surface area contributed by atoms with Crippen LogP contribution in [0.1, 0.15) is 19.3 Å². The number of nitrogens with two attached hydrogens (primary N) is 1. The fraction of sp³-hybridized carbons (Fsp3) is 0.375. The molecule has 0 saturated heterocycles. The Hall–Kier alpha value is -1.36. The third-order valence-electron chi connectivity index (χ3n) is 4.16. The first-order valence-corrected chi connectivity index (χ1v) is 7.13. The number of anilines is 1. The van der Waals surface area contributed by atoms with Crippen LogP contribution in [0, 0.1) is 11.8 Å². The highest BCUT2D eigenvalue weighted by atomic mass is 35.5. The van der Waals surface area contributed by atoms with Crippen molar-refractivity contribution >= 4 is 47.3 Å². The zero-order valence-electron chi connectivity index (χ0n) is 12.2. The number of halogens is 2. The summed E-state index contributed by atoms with van der Waals surface area (Å²) in [5.74, 6) is 0.449. The number of nitrogens with one attached hydrogen (secondary N) is 1. The summed E-state index contributed by atoms with van der Waals surface area (Å²) in [6.45, 7) is 0.591. The van der Waals surface area contributed by atoms with Gasteiger partial charge in [0.15, 0.2) is 0 Å². The van der Waals surface area contributed by atoms with Gasteiger partial charge in [0, 0.05) is 11.3 Å². The smallest absolute Gasteiger partial charge is 0.227 e. The van der Waals surface area contributed by atoms with E-state index in [-0.39, 0.29) is 36.6 Å². The molecule has 1 aromatic heterocycles. The van der Waals surface area contributed by atoms with Gasteiger partial charge in [0.05, 0.1) is 17.4 Å². The number of aromatic nitrogens is 1. The van der Waals surface area contributed by atoms with E-state index in [1.54, 1.807) is 6.20 Å². The minimum absolute atomic E-state index is 0. The van der Waals surface area contributed by atoms with Crippen molar-refractivity contribution in [1.82, 2.24) is 4.98 Å². The molecule has 0 spiro atoms. The summed E-state index contributed by atoms with van der Waals surface area (Å²) in [5.41, 5.74) is 7.43. The van der Waals surface area contributed by atoms with E-state index in [1.807, 2.05) is 30.3 Å². The molecule has 0 unspecified atom stereocenters. The maximum absolute atomic E-state index is 12.3. The van der Waals surface area contributed by atoms with Gasteiger partial charge in [0.1, 0.15) is 0 Å². The van der Waals surface area contributed by atoms with Crippen LogP contribution in [-0.4, -0.2) is 17.4 Å². The summed E-state index contributed by atoms with van der Waals surface area (Å²) in [5, 5.41) is 4.02. The molecule has 1 aliphatic carbocycles. The fourth-order valence-corrected chi connectivity index (χ4v) is 3.04. The summed E-state index contributed by atoms with van der Waals surface area (Å²) in [7, 11) is 0. The molecule has 1 fully saturated rings. The van der Waals surface area contributed by atoms with Gasteiger partial charge in [-0.15, -0.1) is 24.8 Å². The average molecular weight is 342 g/mol. The Morgan fingerprint density at radius 3 is 2.82 bits per heavy atom. The molecule has 2 atom stereocenters. The van der Waals surface area contributed by atoms with Gasteiger partial charge in [-0.1, -0.05) is 24.6 Å². The summed E-state index contributed by atoms with van der Waals surface area (Å²) in [6.07, 6.45) is 4.81. The number of fused-ring (bicyclic) bond motifs is 1. The zero-order valence-corrected chi connectivity index (χ0v) is 13.8. The lowest BCUT2D eigenvalue weighted by Crippen LogP contribution is -2.29. The van der Waals surface area contributed by atoms with Gasteiger partial charge in [-0.2, -0.15) is 0 Å². The molecule has 1 saturated carbocycles. The molecule has 1 aliphatic rings. The lowest BCUT2D eigenvalue weighted by Gasteiger charge is -2.17. The fourth-order valence-electron chi connectivity index (χ4n) is 3.04. The van der Waals surface area contributed by atoms with E-state index >= 15 is 0 Å². The van der Waals surface area contributed by atoms with Crippen molar-refractivity contribution in [3.63, 3.8) is 0 Å². The van der Waals surface area contributed by atoms with Gasteiger partial charge >= 0.3 is 0 Å². The minimum atomic E-state index is 0. The van der Waals surface area contributed by atoms with Crippen LogP contribution in [0.25, 0.3) is 10.9 Å². The molecular formula is C16H21Cl2N3O. The quantitative estimate of drug-likeness (QED) is 0.898. The molecular weight excluding hydrogens is 321 g/mol. The second kappa shape index (κ2) is 8.32. The van der Waals surface area contributed by atoms with E-state index < -0.39 is 0 Å². The predicted molar refractivity (Wildman–Crippen MR) is 94.8 cm³/mol. The third-order valence-corrected chi connectivity index (χ3v) is 4.16. The van der Waals surface area contributed by atoms with Crippen LogP contribution in [0.4, 0.5) is 5.69 Å². The molecule has 0 radical (unpaired) electrons.